The van der Waals surface area contributed by atoms with Crippen molar-refractivity contribution in [2.75, 3.05) is 23.3 Å². The van der Waals surface area contributed by atoms with Crippen molar-refractivity contribution in [2.45, 2.75) is 6.42 Å². The van der Waals surface area contributed by atoms with E-state index in [1.165, 1.54) is 41.3 Å². The molecule has 1 unspecified atom stereocenters. The van der Waals surface area contributed by atoms with E-state index in [-0.39, 0.29) is 41.0 Å². The number of anilines is 2. The Morgan fingerprint density at radius 3 is 2.56 bits per heavy atom. The molecule has 3 amide bonds. The van der Waals surface area contributed by atoms with Crippen molar-refractivity contribution in [1.82, 2.24) is 15.5 Å². The molecule has 2 heterocycles. The molecule has 1 aromatic heterocycles. The average Bonchev–Trinajstić information content (AvgIpc) is 3.16. The molecular formula is C21H18FN5O5. The van der Waals surface area contributed by atoms with Gasteiger partial charge in [-0.2, -0.15) is 0 Å². The molecule has 1 aliphatic rings. The summed E-state index contributed by atoms with van der Waals surface area (Å²) in [5.41, 5.74) is -0.885. The van der Waals surface area contributed by atoms with Gasteiger partial charge >= 0.3 is 0 Å². The smallest absolute Gasteiger partial charge is 0.272 e. The largest absolute Gasteiger partial charge is 0.347 e. The molecular weight excluding hydrogens is 421 g/mol. The summed E-state index contributed by atoms with van der Waals surface area (Å²) >= 11 is 0. The predicted octanol–water partition coefficient (Wildman–Crippen LogP) is 0.463. The number of aromatic nitrogens is 2. The first-order chi connectivity index (χ1) is 15.3. The Morgan fingerprint density at radius 1 is 1.03 bits per heavy atom. The van der Waals surface area contributed by atoms with Gasteiger partial charge in [-0.1, -0.05) is 18.2 Å². The number of benzene rings is 2. The molecule has 2 aromatic carbocycles. The van der Waals surface area contributed by atoms with E-state index >= 15 is 0 Å². The highest BCUT2D eigenvalue weighted by atomic mass is 19.1. The minimum atomic E-state index is -0.742. The van der Waals surface area contributed by atoms with Crippen LogP contribution in [0.3, 0.4) is 0 Å². The Balaban J connectivity index is 1.40. The van der Waals surface area contributed by atoms with E-state index in [0.29, 0.717) is 0 Å². The molecule has 32 heavy (non-hydrogen) atoms. The third kappa shape index (κ3) is 4.00. The Bertz CT molecular complexity index is 1350. The third-order valence-corrected chi connectivity index (χ3v) is 5.16. The van der Waals surface area contributed by atoms with Crippen molar-refractivity contribution >= 4 is 39.9 Å². The van der Waals surface area contributed by atoms with E-state index in [1.54, 1.807) is 6.07 Å². The van der Waals surface area contributed by atoms with Gasteiger partial charge in [-0.05, 0) is 24.3 Å². The van der Waals surface area contributed by atoms with Crippen LogP contribution in [0, 0.1) is 11.7 Å². The lowest BCUT2D eigenvalue weighted by Gasteiger charge is -2.17. The SMILES string of the molecule is O=C(CNC(=O)C1CC(=O)N(c2ccccc2F)C1)Nc1cccc2c(=O)[nH][nH]c(=O)c12. The molecule has 0 saturated carbocycles. The number of para-hydroxylation sites is 1. The zero-order valence-corrected chi connectivity index (χ0v) is 16.6. The number of carbonyl (C=O) groups excluding carboxylic acids is 3. The number of nitrogens with one attached hydrogen (secondary N) is 4. The average molecular weight is 439 g/mol. The molecule has 0 aliphatic carbocycles. The van der Waals surface area contributed by atoms with Gasteiger partial charge in [0.25, 0.3) is 11.1 Å². The number of nitrogens with zero attached hydrogens (tertiary/aromatic N) is 1. The highest BCUT2D eigenvalue weighted by Crippen LogP contribution is 2.27. The lowest BCUT2D eigenvalue weighted by molar-refractivity contribution is -0.127. The molecule has 11 heteroatoms. The van der Waals surface area contributed by atoms with E-state index < -0.39 is 41.2 Å². The van der Waals surface area contributed by atoms with Gasteiger partial charge in [-0.3, -0.25) is 34.2 Å². The van der Waals surface area contributed by atoms with Crippen molar-refractivity contribution in [1.29, 1.82) is 0 Å². The van der Waals surface area contributed by atoms with Crippen LogP contribution < -0.4 is 26.7 Å². The fraction of sp³-hybridized carbons (Fsp3) is 0.190. The van der Waals surface area contributed by atoms with Crippen LogP contribution in [0.2, 0.25) is 0 Å². The summed E-state index contributed by atoms with van der Waals surface area (Å²) in [6, 6.07) is 10.2. The van der Waals surface area contributed by atoms with Crippen LogP contribution >= 0.6 is 0 Å². The molecule has 4 N–H and O–H groups in total. The molecule has 0 bridgehead atoms. The maximum atomic E-state index is 14.0. The van der Waals surface area contributed by atoms with Crippen LogP contribution in [0.5, 0.6) is 0 Å². The molecule has 0 radical (unpaired) electrons. The number of hydrogen-bond donors (Lipinski definition) is 4. The number of amides is 3. The van der Waals surface area contributed by atoms with Gasteiger partial charge in [0.05, 0.1) is 34.6 Å². The maximum absolute atomic E-state index is 14.0. The van der Waals surface area contributed by atoms with Gasteiger partial charge in [0, 0.05) is 13.0 Å². The van der Waals surface area contributed by atoms with E-state index in [4.69, 9.17) is 0 Å². The Kier molecular flexibility index (Phi) is 5.54. The minimum absolute atomic E-state index is 0.00526. The summed E-state index contributed by atoms with van der Waals surface area (Å²) in [6.45, 7) is -0.421. The van der Waals surface area contributed by atoms with Gasteiger partial charge in [0.1, 0.15) is 5.82 Å². The van der Waals surface area contributed by atoms with Gasteiger partial charge in [0.15, 0.2) is 0 Å². The first-order valence-electron chi connectivity index (χ1n) is 9.71. The van der Waals surface area contributed by atoms with Gasteiger partial charge in [-0.15, -0.1) is 0 Å². The van der Waals surface area contributed by atoms with E-state index in [2.05, 4.69) is 20.8 Å². The number of hydrogen-bond acceptors (Lipinski definition) is 5. The van der Waals surface area contributed by atoms with Gasteiger partial charge in [0.2, 0.25) is 17.7 Å². The second-order valence-corrected chi connectivity index (χ2v) is 7.26. The Hall–Kier alpha value is -4.28. The van der Waals surface area contributed by atoms with Crippen molar-refractivity contribution in [3.63, 3.8) is 0 Å². The zero-order valence-electron chi connectivity index (χ0n) is 16.6. The minimum Gasteiger partial charge on any atom is -0.347 e. The number of fused-ring (bicyclic) bond motifs is 1. The quantitative estimate of drug-likeness (QED) is 0.457. The molecule has 164 valence electrons. The first-order valence-corrected chi connectivity index (χ1v) is 9.71. The molecule has 10 nitrogen and oxygen atoms in total. The monoisotopic (exact) mass is 439 g/mol. The summed E-state index contributed by atoms with van der Waals surface area (Å²) in [6.07, 6.45) is -0.108. The third-order valence-electron chi connectivity index (χ3n) is 5.16. The topological polar surface area (TPSA) is 144 Å². The lowest BCUT2D eigenvalue weighted by atomic mass is 10.1. The summed E-state index contributed by atoms with van der Waals surface area (Å²) in [7, 11) is 0. The predicted molar refractivity (Wildman–Crippen MR) is 114 cm³/mol. The van der Waals surface area contributed by atoms with Gasteiger partial charge < -0.3 is 15.5 Å². The molecule has 1 fully saturated rings. The molecule has 0 spiro atoms. The van der Waals surface area contributed by atoms with E-state index in [9.17, 15) is 28.4 Å². The highest BCUT2D eigenvalue weighted by Gasteiger charge is 2.36. The van der Waals surface area contributed by atoms with Crippen molar-refractivity contribution in [3.8, 4) is 0 Å². The maximum Gasteiger partial charge on any atom is 0.272 e. The zero-order chi connectivity index (χ0) is 22.8. The molecule has 1 saturated heterocycles. The van der Waals surface area contributed by atoms with Crippen LogP contribution in [0.25, 0.3) is 10.8 Å². The number of rotatable bonds is 5. The number of halogens is 1. The molecule has 1 atom stereocenters. The first kappa shape index (κ1) is 21.0. The fourth-order valence-electron chi connectivity index (χ4n) is 3.63. The van der Waals surface area contributed by atoms with Crippen LogP contribution in [0.15, 0.2) is 52.1 Å². The van der Waals surface area contributed by atoms with Crippen LogP contribution in [-0.4, -0.2) is 41.0 Å². The molecule has 3 aromatic rings. The normalized spacial score (nSPS) is 15.7. The number of carbonyl (C=O) groups is 3. The van der Waals surface area contributed by atoms with Crippen LogP contribution in [-0.2, 0) is 14.4 Å². The summed E-state index contributed by atoms with van der Waals surface area (Å²) in [5.74, 6) is -2.85. The van der Waals surface area contributed by atoms with E-state index in [0.717, 1.165) is 0 Å². The van der Waals surface area contributed by atoms with Crippen molar-refractivity contribution < 1.29 is 18.8 Å². The summed E-state index contributed by atoms with van der Waals surface area (Å²) < 4.78 is 14.0. The standard InChI is InChI=1S/C21H18FN5O5/c22-13-5-1-2-7-15(13)27-10-11(8-17(27)29)19(30)23-9-16(28)24-14-6-3-4-12-18(14)21(32)26-25-20(12)31/h1-7,11H,8-10H2,(H,23,30)(H,24,28)(H,25,31)(H,26,32). The van der Waals surface area contributed by atoms with Crippen LogP contribution in [0.1, 0.15) is 6.42 Å². The number of H-pyrrole nitrogens is 2. The second-order valence-electron chi connectivity index (χ2n) is 7.26. The Labute approximate surface area is 179 Å². The number of aromatic amines is 2. The van der Waals surface area contributed by atoms with Crippen molar-refractivity contribution in [3.05, 3.63) is 69.0 Å². The molecule has 4 rings (SSSR count). The highest BCUT2D eigenvalue weighted by molar-refractivity contribution is 6.04. The van der Waals surface area contributed by atoms with Crippen LogP contribution in [0.4, 0.5) is 15.8 Å². The van der Waals surface area contributed by atoms with E-state index in [1.807, 2.05) is 0 Å². The van der Waals surface area contributed by atoms with Gasteiger partial charge in [-0.25, -0.2) is 4.39 Å². The summed E-state index contributed by atoms with van der Waals surface area (Å²) in [4.78, 5) is 62.1. The fourth-order valence-corrected chi connectivity index (χ4v) is 3.63. The lowest BCUT2D eigenvalue weighted by Crippen LogP contribution is -2.38. The van der Waals surface area contributed by atoms with Crippen molar-refractivity contribution in [2.24, 2.45) is 5.92 Å². The Morgan fingerprint density at radius 2 is 1.78 bits per heavy atom. The second kappa shape index (κ2) is 8.46. The molecule has 1 aliphatic heterocycles. The summed E-state index contributed by atoms with van der Waals surface area (Å²) in [5, 5.41) is 9.45.